The van der Waals surface area contributed by atoms with Crippen molar-refractivity contribution in [2.75, 3.05) is 19.6 Å². The van der Waals surface area contributed by atoms with Crippen molar-refractivity contribution in [3.8, 4) is 0 Å². The van der Waals surface area contributed by atoms with Crippen molar-refractivity contribution in [2.45, 2.75) is 77.0 Å². The molecule has 228 valence electrons. The van der Waals surface area contributed by atoms with E-state index in [1.165, 1.54) is 0 Å². The minimum Gasteiger partial charge on any atom is -0.338 e. The van der Waals surface area contributed by atoms with Gasteiger partial charge in [0.25, 0.3) is 29.5 Å². The van der Waals surface area contributed by atoms with Gasteiger partial charge in [-0.1, -0.05) is 0 Å². The standard InChI is InChI=1S/C25H30N4O13/c30-16-4-1-9-26(16)39-21(35)12-25(13-22(36)40-27-10-2-5-17(27)31,14-23(37)41-28-11-3-6-18(28)32)15-24(38)42-29-19(33)7-8-20(29)34/h1-15H2. The zero-order valence-corrected chi connectivity index (χ0v) is 22.7. The normalized spacial score (nSPS) is 19.2. The van der Waals surface area contributed by atoms with Crippen molar-refractivity contribution in [1.29, 1.82) is 0 Å². The Morgan fingerprint density at radius 1 is 0.476 bits per heavy atom. The van der Waals surface area contributed by atoms with Crippen molar-refractivity contribution in [1.82, 2.24) is 20.3 Å². The summed E-state index contributed by atoms with van der Waals surface area (Å²) in [5, 5.41) is 2.71. The quantitative estimate of drug-likeness (QED) is 0.259. The molecular weight excluding hydrogens is 564 g/mol. The maximum atomic E-state index is 13.0. The number of amides is 5. The molecule has 0 aromatic heterocycles. The molecule has 4 aliphatic heterocycles. The molecule has 0 spiro atoms. The second kappa shape index (κ2) is 12.9. The van der Waals surface area contributed by atoms with Crippen LogP contribution in [-0.4, -0.2) is 93.3 Å². The number of carbonyl (C=O) groups excluding carboxylic acids is 9. The Bertz CT molecular complexity index is 1080. The summed E-state index contributed by atoms with van der Waals surface area (Å²) in [6.45, 7) is 0.324. The summed E-state index contributed by atoms with van der Waals surface area (Å²) in [4.78, 5) is 132. The molecule has 0 aromatic carbocycles. The van der Waals surface area contributed by atoms with Gasteiger partial charge in [0.05, 0.1) is 45.3 Å². The Morgan fingerprint density at radius 2 is 0.786 bits per heavy atom. The zero-order valence-electron chi connectivity index (χ0n) is 22.7. The highest BCUT2D eigenvalue weighted by atomic mass is 16.7. The third kappa shape index (κ3) is 7.58. The lowest BCUT2D eigenvalue weighted by Crippen LogP contribution is -2.41. The lowest BCUT2D eigenvalue weighted by molar-refractivity contribution is -0.207. The van der Waals surface area contributed by atoms with Gasteiger partial charge in [0, 0.05) is 37.5 Å². The van der Waals surface area contributed by atoms with E-state index < -0.39 is 84.5 Å². The average molecular weight is 595 g/mol. The predicted molar refractivity (Wildman–Crippen MR) is 129 cm³/mol. The molecule has 4 heterocycles. The van der Waals surface area contributed by atoms with Crippen LogP contribution in [0.1, 0.15) is 77.0 Å². The number of carbonyl (C=O) groups is 9. The molecule has 0 aliphatic carbocycles. The van der Waals surface area contributed by atoms with E-state index in [9.17, 15) is 43.2 Å². The largest absolute Gasteiger partial charge is 0.338 e. The first-order chi connectivity index (χ1) is 19.9. The van der Waals surface area contributed by atoms with E-state index in [0.717, 1.165) is 15.2 Å². The van der Waals surface area contributed by atoms with Gasteiger partial charge in [0.2, 0.25) is 0 Å². The number of hydroxylamine groups is 8. The van der Waals surface area contributed by atoms with Gasteiger partial charge >= 0.3 is 23.9 Å². The lowest BCUT2D eigenvalue weighted by Gasteiger charge is -2.32. The maximum absolute atomic E-state index is 13.0. The fraction of sp³-hybridized carbons (Fsp3) is 0.640. The lowest BCUT2D eigenvalue weighted by atomic mass is 9.75. The van der Waals surface area contributed by atoms with Crippen molar-refractivity contribution in [2.24, 2.45) is 5.41 Å². The zero-order chi connectivity index (χ0) is 30.4. The average Bonchev–Trinajstić information content (AvgIpc) is 3.68. The van der Waals surface area contributed by atoms with Crippen LogP contribution < -0.4 is 0 Å². The minimum atomic E-state index is -2.01. The fourth-order valence-corrected chi connectivity index (χ4v) is 5.02. The van der Waals surface area contributed by atoms with Gasteiger partial charge < -0.3 is 19.4 Å². The number of rotatable bonds is 12. The topological polar surface area (TPSA) is 204 Å². The van der Waals surface area contributed by atoms with E-state index >= 15 is 0 Å². The first-order valence-corrected chi connectivity index (χ1v) is 13.5. The van der Waals surface area contributed by atoms with Crippen LogP contribution in [0.15, 0.2) is 0 Å². The Hall–Kier alpha value is -4.57. The fourth-order valence-electron chi connectivity index (χ4n) is 5.02. The van der Waals surface area contributed by atoms with Gasteiger partial charge in [-0.05, 0) is 19.3 Å². The molecule has 42 heavy (non-hydrogen) atoms. The van der Waals surface area contributed by atoms with E-state index in [4.69, 9.17) is 19.4 Å². The molecule has 0 aromatic rings. The highest BCUT2D eigenvalue weighted by Gasteiger charge is 2.45. The summed E-state index contributed by atoms with van der Waals surface area (Å²) >= 11 is 0. The van der Waals surface area contributed by atoms with E-state index in [0.29, 0.717) is 19.3 Å². The molecule has 0 bridgehead atoms. The van der Waals surface area contributed by atoms with Gasteiger partial charge in [-0.3, -0.25) is 24.0 Å². The van der Waals surface area contributed by atoms with Crippen LogP contribution in [0.25, 0.3) is 0 Å². The maximum Gasteiger partial charge on any atom is 0.333 e. The molecule has 4 aliphatic rings. The van der Waals surface area contributed by atoms with Crippen molar-refractivity contribution < 1.29 is 62.5 Å². The Balaban J connectivity index is 1.58. The predicted octanol–water partition coefficient (Wildman–Crippen LogP) is -0.618. The number of nitrogens with zero attached hydrogens (tertiary/aromatic N) is 4. The van der Waals surface area contributed by atoms with Crippen LogP contribution in [-0.2, 0) is 62.5 Å². The minimum absolute atomic E-state index is 0.108. The molecule has 17 nitrogen and oxygen atoms in total. The molecule has 0 atom stereocenters. The molecular formula is C25H30N4O13. The molecule has 5 amide bonds. The highest BCUT2D eigenvalue weighted by Crippen LogP contribution is 2.38. The summed E-state index contributed by atoms with van der Waals surface area (Å²) in [7, 11) is 0. The molecule has 4 rings (SSSR count). The Labute approximate surface area is 238 Å². The molecule has 0 radical (unpaired) electrons. The van der Waals surface area contributed by atoms with E-state index in [-0.39, 0.29) is 56.8 Å². The third-order valence-corrected chi connectivity index (χ3v) is 7.00. The number of imide groups is 1. The van der Waals surface area contributed by atoms with E-state index in [1.54, 1.807) is 0 Å². The van der Waals surface area contributed by atoms with Gasteiger partial charge in [-0.25, -0.2) is 19.2 Å². The van der Waals surface area contributed by atoms with E-state index in [1.807, 2.05) is 0 Å². The second-order valence-corrected chi connectivity index (χ2v) is 10.4. The van der Waals surface area contributed by atoms with Gasteiger partial charge in [-0.15, -0.1) is 5.06 Å². The van der Waals surface area contributed by atoms with Gasteiger partial charge in [0.15, 0.2) is 0 Å². The Kier molecular flexibility index (Phi) is 9.37. The van der Waals surface area contributed by atoms with Crippen molar-refractivity contribution in [3.05, 3.63) is 0 Å². The Morgan fingerprint density at radius 3 is 1.07 bits per heavy atom. The summed E-state index contributed by atoms with van der Waals surface area (Å²) in [6.07, 6.45) is -2.12. The van der Waals surface area contributed by atoms with Crippen LogP contribution >= 0.6 is 0 Å². The first-order valence-electron chi connectivity index (χ1n) is 13.5. The summed E-state index contributed by atoms with van der Waals surface area (Å²) in [5.74, 6) is -7.53. The number of hydrogen-bond donors (Lipinski definition) is 0. The highest BCUT2D eigenvalue weighted by molar-refractivity contribution is 6.01. The molecule has 4 fully saturated rings. The van der Waals surface area contributed by atoms with Gasteiger partial charge in [0.1, 0.15) is 0 Å². The van der Waals surface area contributed by atoms with Gasteiger partial charge in [-0.2, -0.15) is 15.2 Å². The number of hydrogen-bond acceptors (Lipinski definition) is 13. The SMILES string of the molecule is O=C(CC(CC(=O)ON1CCCC1=O)(CC(=O)ON1CCCC1=O)CC(=O)ON1C(=O)CCC1=O)ON1CCCC1=O. The van der Waals surface area contributed by atoms with Crippen LogP contribution in [0, 0.1) is 5.41 Å². The monoisotopic (exact) mass is 594 g/mol. The van der Waals surface area contributed by atoms with Crippen LogP contribution in [0.3, 0.4) is 0 Å². The summed E-state index contributed by atoms with van der Waals surface area (Å²) < 4.78 is 0. The van der Waals surface area contributed by atoms with E-state index in [2.05, 4.69) is 0 Å². The summed E-state index contributed by atoms with van der Waals surface area (Å²) in [6, 6.07) is 0. The smallest absolute Gasteiger partial charge is 0.333 e. The summed E-state index contributed by atoms with van der Waals surface area (Å²) in [5.41, 5.74) is -2.01. The van der Waals surface area contributed by atoms with Crippen LogP contribution in [0.4, 0.5) is 0 Å². The second-order valence-electron chi connectivity index (χ2n) is 10.4. The molecule has 0 saturated carbocycles. The molecule has 0 N–H and O–H groups in total. The van der Waals surface area contributed by atoms with Crippen LogP contribution in [0.5, 0.6) is 0 Å². The molecule has 4 saturated heterocycles. The van der Waals surface area contributed by atoms with Crippen molar-refractivity contribution in [3.63, 3.8) is 0 Å². The molecule has 17 heteroatoms. The molecule has 0 unspecified atom stereocenters. The van der Waals surface area contributed by atoms with Crippen molar-refractivity contribution >= 4 is 53.4 Å². The first kappa shape index (κ1) is 30.4. The third-order valence-electron chi connectivity index (χ3n) is 7.00. The van der Waals surface area contributed by atoms with Crippen LogP contribution in [0.2, 0.25) is 0 Å².